The monoisotopic (exact) mass is 267 g/mol. The van der Waals surface area contributed by atoms with Crippen molar-refractivity contribution in [2.24, 2.45) is 0 Å². The van der Waals surface area contributed by atoms with Gasteiger partial charge in [-0.1, -0.05) is 12.1 Å². The summed E-state index contributed by atoms with van der Waals surface area (Å²) in [7, 11) is 3.64. The molecule has 1 aromatic rings. The van der Waals surface area contributed by atoms with Crippen molar-refractivity contribution < 1.29 is 14.6 Å². The Balaban J connectivity index is 2.59. The Morgan fingerprint density at radius 1 is 1.21 bits per heavy atom. The Hall–Kier alpha value is -1.10. The second kappa shape index (κ2) is 8.15. The lowest BCUT2D eigenvalue weighted by Crippen LogP contribution is -2.31. The first-order valence-electron chi connectivity index (χ1n) is 6.65. The molecule has 1 unspecified atom stereocenters. The third-order valence-corrected chi connectivity index (χ3v) is 3.10. The lowest BCUT2D eigenvalue weighted by Gasteiger charge is -2.27. The molecular formula is C15H25NO3. The molecule has 1 aromatic carbocycles. The molecule has 1 rings (SSSR count). The van der Waals surface area contributed by atoms with Gasteiger partial charge in [-0.2, -0.15) is 0 Å². The van der Waals surface area contributed by atoms with Crippen LogP contribution < -0.4 is 4.74 Å². The number of aliphatic hydroxyl groups is 1. The Labute approximate surface area is 115 Å². The summed E-state index contributed by atoms with van der Waals surface area (Å²) in [5.41, 5.74) is 1.08. The average molecular weight is 267 g/mol. The number of hydrogen-bond donors (Lipinski definition) is 1. The van der Waals surface area contributed by atoms with Crippen molar-refractivity contribution in [3.8, 4) is 5.75 Å². The molecule has 0 radical (unpaired) electrons. The minimum atomic E-state index is -0.0123. The first kappa shape index (κ1) is 16.0. The van der Waals surface area contributed by atoms with Crippen molar-refractivity contribution in [3.05, 3.63) is 29.8 Å². The van der Waals surface area contributed by atoms with Gasteiger partial charge >= 0.3 is 0 Å². The van der Waals surface area contributed by atoms with Gasteiger partial charge in [-0.05, 0) is 38.6 Å². The van der Waals surface area contributed by atoms with Crippen LogP contribution in [0.25, 0.3) is 0 Å². The maximum absolute atomic E-state index is 9.57. The first-order chi connectivity index (χ1) is 9.08. The van der Waals surface area contributed by atoms with Gasteiger partial charge in [0.2, 0.25) is 0 Å². The van der Waals surface area contributed by atoms with E-state index >= 15 is 0 Å². The Morgan fingerprint density at radius 2 is 1.84 bits per heavy atom. The van der Waals surface area contributed by atoms with Crippen LogP contribution in [0.5, 0.6) is 5.75 Å². The number of ether oxygens (including phenoxy) is 2. The average Bonchev–Trinajstić information content (AvgIpc) is 2.40. The lowest BCUT2D eigenvalue weighted by molar-refractivity contribution is 0.0475. The highest BCUT2D eigenvalue weighted by molar-refractivity contribution is 5.29. The standard InChI is InChI=1S/C15H25NO3/c1-12(2)19-10-9-16(3)15(11-17)13-5-7-14(18-4)8-6-13/h5-8,12,15,17H,9-11H2,1-4H3. The molecule has 108 valence electrons. The summed E-state index contributed by atoms with van der Waals surface area (Å²) in [5, 5.41) is 9.57. The molecule has 0 amide bonds. The third-order valence-electron chi connectivity index (χ3n) is 3.10. The zero-order chi connectivity index (χ0) is 14.3. The number of nitrogens with zero attached hydrogens (tertiary/aromatic N) is 1. The maximum Gasteiger partial charge on any atom is 0.118 e. The van der Waals surface area contributed by atoms with Crippen LogP contribution in [-0.4, -0.2) is 50.0 Å². The van der Waals surface area contributed by atoms with E-state index in [2.05, 4.69) is 4.90 Å². The summed E-state index contributed by atoms with van der Waals surface area (Å²) in [5.74, 6) is 0.825. The summed E-state index contributed by atoms with van der Waals surface area (Å²) in [4.78, 5) is 2.10. The Kier molecular flexibility index (Phi) is 6.84. The van der Waals surface area contributed by atoms with Crippen LogP contribution in [0.1, 0.15) is 25.5 Å². The van der Waals surface area contributed by atoms with Crippen molar-refractivity contribution in [2.45, 2.75) is 26.0 Å². The normalized spacial score (nSPS) is 13.0. The van der Waals surface area contributed by atoms with Crippen molar-refractivity contribution in [3.63, 3.8) is 0 Å². The van der Waals surface area contributed by atoms with E-state index < -0.39 is 0 Å². The molecule has 0 aliphatic rings. The quantitative estimate of drug-likeness (QED) is 0.783. The Morgan fingerprint density at radius 3 is 2.32 bits per heavy atom. The van der Waals surface area contributed by atoms with E-state index in [1.165, 1.54) is 0 Å². The molecule has 0 heterocycles. The minimum Gasteiger partial charge on any atom is -0.497 e. The topological polar surface area (TPSA) is 41.9 Å². The van der Waals surface area contributed by atoms with E-state index in [0.717, 1.165) is 17.9 Å². The molecule has 19 heavy (non-hydrogen) atoms. The molecule has 0 aliphatic carbocycles. The molecule has 0 saturated carbocycles. The highest BCUT2D eigenvalue weighted by Crippen LogP contribution is 2.21. The Bertz CT molecular complexity index is 351. The molecule has 0 bridgehead atoms. The van der Waals surface area contributed by atoms with Crippen molar-refractivity contribution in [2.75, 3.05) is 33.9 Å². The van der Waals surface area contributed by atoms with Gasteiger partial charge in [0.25, 0.3) is 0 Å². The van der Waals surface area contributed by atoms with Crippen LogP contribution in [0.15, 0.2) is 24.3 Å². The molecule has 0 aliphatic heterocycles. The van der Waals surface area contributed by atoms with E-state index in [1.807, 2.05) is 45.2 Å². The van der Waals surface area contributed by atoms with Crippen LogP contribution in [0.4, 0.5) is 0 Å². The van der Waals surface area contributed by atoms with Crippen LogP contribution >= 0.6 is 0 Å². The summed E-state index contributed by atoms with van der Waals surface area (Å²) in [6, 6.07) is 7.79. The molecule has 0 spiro atoms. The second-order valence-corrected chi connectivity index (χ2v) is 4.87. The van der Waals surface area contributed by atoms with E-state index in [0.29, 0.717) is 6.61 Å². The fraction of sp³-hybridized carbons (Fsp3) is 0.600. The molecule has 4 nitrogen and oxygen atoms in total. The van der Waals surface area contributed by atoms with Gasteiger partial charge in [-0.15, -0.1) is 0 Å². The highest BCUT2D eigenvalue weighted by Gasteiger charge is 2.16. The largest absolute Gasteiger partial charge is 0.497 e. The summed E-state index contributed by atoms with van der Waals surface area (Å²) in [6.07, 6.45) is 0.238. The lowest BCUT2D eigenvalue weighted by atomic mass is 10.1. The van der Waals surface area contributed by atoms with Crippen molar-refractivity contribution in [1.29, 1.82) is 0 Å². The van der Waals surface area contributed by atoms with Crippen molar-refractivity contribution in [1.82, 2.24) is 4.90 Å². The predicted octanol–water partition coefficient (Wildman–Crippen LogP) is 2.09. The van der Waals surface area contributed by atoms with E-state index in [1.54, 1.807) is 7.11 Å². The van der Waals surface area contributed by atoms with E-state index in [9.17, 15) is 5.11 Å². The third kappa shape index (κ3) is 5.19. The molecular weight excluding hydrogens is 242 g/mol. The summed E-state index contributed by atoms with van der Waals surface area (Å²) >= 11 is 0. The fourth-order valence-electron chi connectivity index (χ4n) is 1.91. The minimum absolute atomic E-state index is 0.0123. The van der Waals surface area contributed by atoms with Crippen LogP contribution in [0.3, 0.4) is 0 Å². The zero-order valence-corrected chi connectivity index (χ0v) is 12.3. The van der Waals surface area contributed by atoms with Crippen molar-refractivity contribution >= 4 is 0 Å². The summed E-state index contributed by atoms with van der Waals surface area (Å²) in [6.45, 7) is 5.58. The highest BCUT2D eigenvalue weighted by atomic mass is 16.5. The molecule has 0 saturated heterocycles. The number of likely N-dealkylation sites (N-methyl/N-ethyl adjacent to an activating group) is 1. The van der Waals surface area contributed by atoms with Gasteiger partial charge in [0.05, 0.1) is 32.5 Å². The van der Waals surface area contributed by atoms with E-state index in [-0.39, 0.29) is 18.8 Å². The van der Waals surface area contributed by atoms with Crippen LogP contribution in [0, 0.1) is 0 Å². The van der Waals surface area contributed by atoms with Crippen LogP contribution in [0.2, 0.25) is 0 Å². The summed E-state index contributed by atoms with van der Waals surface area (Å²) < 4.78 is 10.7. The molecule has 0 aromatic heterocycles. The van der Waals surface area contributed by atoms with Gasteiger partial charge in [-0.3, -0.25) is 4.90 Å². The van der Waals surface area contributed by atoms with Gasteiger partial charge in [0.15, 0.2) is 0 Å². The van der Waals surface area contributed by atoms with Gasteiger partial charge in [0.1, 0.15) is 5.75 Å². The molecule has 1 atom stereocenters. The number of aliphatic hydroxyl groups excluding tert-OH is 1. The first-order valence-corrected chi connectivity index (χ1v) is 6.65. The number of hydrogen-bond acceptors (Lipinski definition) is 4. The molecule has 1 N–H and O–H groups in total. The van der Waals surface area contributed by atoms with Gasteiger partial charge in [0, 0.05) is 6.54 Å². The van der Waals surface area contributed by atoms with Crippen LogP contribution in [-0.2, 0) is 4.74 Å². The van der Waals surface area contributed by atoms with Gasteiger partial charge in [-0.25, -0.2) is 0 Å². The molecule has 0 fully saturated rings. The maximum atomic E-state index is 9.57. The predicted molar refractivity (Wildman–Crippen MR) is 76.5 cm³/mol. The molecule has 4 heteroatoms. The fourth-order valence-corrected chi connectivity index (χ4v) is 1.91. The number of methoxy groups -OCH3 is 1. The number of benzene rings is 1. The van der Waals surface area contributed by atoms with E-state index in [4.69, 9.17) is 9.47 Å². The van der Waals surface area contributed by atoms with Gasteiger partial charge < -0.3 is 14.6 Å². The number of rotatable bonds is 8. The zero-order valence-electron chi connectivity index (χ0n) is 12.3. The smallest absolute Gasteiger partial charge is 0.118 e. The second-order valence-electron chi connectivity index (χ2n) is 4.87. The SMILES string of the molecule is COc1ccc(C(CO)N(C)CCOC(C)C)cc1.